The van der Waals surface area contributed by atoms with Crippen LogP contribution in [0.4, 0.5) is 0 Å². The molecule has 1 atom stereocenters. The summed E-state index contributed by atoms with van der Waals surface area (Å²) < 4.78 is 0. The lowest BCUT2D eigenvalue weighted by molar-refractivity contribution is -0.137. The summed E-state index contributed by atoms with van der Waals surface area (Å²) in [6.45, 7) is 10.2. The lowest BCUT2D eigenvalue weighted by atomic mass is 10.0. The van der Waals surface area contributed by atoms with Crippen LogP contribution in [-0.2, 0) is 9.59 Å². The molecule has 1 fully saturated rings. The van der Waals surface area contributed by atoms with E-state index in [2.05, 4.69) is 67.1 Å². The Morgan fingerprint density at radius 1 is 1.03 bits per heavy atom. The van der Waals surface area contributed by atoms with Crippen LogP contribution in [0.2, 0.25) is 0 Å². The molecule has 0 spiro atoms. The number of unbranched alkanes of at least 4 members (excludes halogenated alkanes) is 1. The Balaban J connectivity index is 2.19. The first kappa shape index (κ1) is 27.4. The summed E-state index contributed by atoms with van der Waals surface area (Å²) in [4.78, 5) is 26.6. The molecule has 3 N–H and O–H groups in total. The fraction of sp³-hybridized carbons (Fsp3) is 0.481. The number of carbonyl (C=O) groups is 2. The van der Waals surface area contributed by atoms with Crippen molar-refractivity contribution in [2.24, 2.45) is 5.73 Å². The first-order valence-electron chi connectivity index (χ1n) is 11.7. The van der Waals surface area contributed by atoms with Crippen molar-refractivity contribution >= 4 is 11.8 Å². The second-order valence-electron chi connectivity index (χ2n) is 7.99. The third-order valence-electron chi connectivity index (χ3n) is 5.46. The van der Waals surface area contributed by atoms with Crippen LogP contribution in [0.1, 0.15) is 71.1 Å². The Bertz CT molecular complexity index is 733. The fourth-order valence-corrected chi connectivity index (χ4v) is 3.49. The van der Waals surface area contributed by atoms with E-state index in [1.807, 2.05) is 17.9 Å². The van der Waals surface area contributed by atoms with Gasteiger partial charge in [-0.25, -0.2) is 0 Å². The highest BCUT2D eigenvalue weighted by Crippen LogP contribution is 2.27. The van der Waals surface area contributed by atoms with E-state index < -0.39 is 11.6 Å². The molecular weight excluding hydrogens is 398 g/mol. The molecule has 5 nitrogen and oxygen atoms in total. The van der Waals surface area contributed by atoms with Gasteiger partial charge in [0.1, 0.15) is 0 Å². The molecule has 0 aliphatic carbocycles. The molecule has 1 saturated heterocycles. The lowest BCUT2D eigenvalue weighted by Crippen LogP contribution is -2.64. The first-order chi connectivity index (χ1) is 15.5. The van der Waals surface area contributed by atoms with Crippen molar-refractivity contribution in [1.82, 2.24) is 10.2 Å². The topological polar surface area (TPSA) is 75.4 Å². The van der Waals surface area contributed by atoms with Gasteiger partial charge in [-0.1, -0.05) is 68.2 Å². The Morgan fingerprint density at radius 3 is 2.09 bits per heavy atom. The number of likely N-dealkylation sites (tertiary alicyclic amines) is 1. The SMILES string of the molecule is C=CC/C=C\C/C=C\C/C=C\C/C=C\CCCC(=O)NC(=O)[C@](N)(CC)N1CCCC1=C. The maximum Gasteiger partial charge on any atom is 0.267 e. The van der Waals surface area contributed by atoms with Crippen LogP contribution in [0.15, 0.2) is 73.5 Å². The number of rotatable bonds is 15. The predicted octanol–water partition coefficient (Wildman–Crippen LogP) is 5.45. The zero-order chi connectivity index (χ0) is 23.7. The minimum Gasteiger partial charge on any atom is -0.350 e. The maximum absolute atomic E-state index is 12.6. The smallest absolute Gasteiger partial charge is 0.267 e. The molecule has 0 aromatic rings. The van der Waals surface area contributed by atoms with Gasteiger partial charge in [-0.2, -0.15) is 0 Å². The standard InChI is InChI=1S/C27H41N3O2/c1-4-6-7-8-9-10-11-12-13-14-15-16-17-18-19-22-25(31)29-26(32)27(28,5-2)30-23-20-21-24(30)3/h4,7-8,10-11,13-14,16-17H,1,3,5-6,9,12,15,18-23,28H2,2H3,(H,29,31,32)/b8-7-,11-10-,14-13-,17-16-/t27-/m0/s1. The van der Waals surface area contributed by atoms with Crippen LogP contribution in [0.25, 0.3) is 0 Å². The number of nitrogens with zero attached hydrogens (tertiary/aromatic N) is 1. The number of nitrogens with one attached hydrogen (secondary N) is 1. The van der Waals surface area contributed by atoms with Crippen molar-refractivity contribution in [3.63, 3.8) is 0 Å². The van der Waals surface area contributed by atoms with Gasteiger partial charge < -0.3 is 10.6 Å². The Hall–Kier alpha value is -2.66. The molecule has 176 valence electrons. The number of imide groups is 1. The summed E-state index contributed by atoms with van der Waals surface area (Å²) in [5.74, 6) is -0.710. The third kappa shape index (κ3) is 10.1. The molecule has 0 unspecified atom stereocenters. The average Bonchev–Trinajstić information content (AvgIpc) is 3.22. The number of hydrogen-bond acceptors (Lipinski definition) is 4. The van der Waals surface area contributed by atoms with E-state index >= 15 is 0 Å². The quantitative estimate of drug-likeness (QED) is 0.263. The van der Waals surface area contributed by atoms with Crippen molar-refractivity contribution in [2.75, 3.05) is 6.54 Å². The highest BCUT2D eigenvalue weighted by atomic mass is 16.2. The summed E-state index contributed by atoms with van der Waals surface area (Å²) in [5, 5.41) is 2.48. The average molecular weight is 440 g/mol. The molecule has 1 heterocycles. The molecular formula is C27H41N3O2. The minimum absolute atomic E-state index is 0.275. The minimum atomic E-state index is -1.20. The van der Waals surface area contributed by atoms with E-state index in [9.17, 15) is 9.59 Å². The van der Waals surface area contributed by atoms with Crippen molar-refractivity contribution < 1.29 is 9.59 Å². The summed E-state index contributed by atoms with van der Waals surface area (Å²) in [5.41, 5.74) is 6.01. The summed E-state index contributed by atoms with van der Waals surface area (Å²) in [6, 6.07) is 0. The molecule has 1 aliphatic rings. The van der Waals surface area contributed by atoms with E-state index in [-0.39, 0.29) is 5.91 Å². The monoisotopic (exact) mass is 439 g/mol. The first-order valence-corrected chi connectivity index (χ1v) is 11.7. The second kappa shape index (κ2) is 16.0. The summed E-state index contributed by atoms with van der Waals surface area (Å²) in [7, 11) is 0. The van der Waals surface area contributed by atoms with Crippen molar-refractivity contribution in [1.29, 1.82) is 0 Å². The molecule has 2 amide bonds. The van der Waals surface area contributed by atoms with Gasteiger partial charge in [-0.3, -0.25) is 14.9 Å². The fourth-order valence-electron chi connectivity index (χ4n) is 3.49. The number of hydrogen-bond donors (Lipinski definition) is 2. The van der Waals surface area contributed by atoms with Crippen LogP contribution >= 0.6 is 0 Å². The summed E-state index contributed by atoms with van der Waals surface area (Å²) in [6.07, 6.45) is 26.6. The lowest BCUT2D eigenvalue weighted by Gasteiger charge is -2.38. The molecule has 0 aromatic carbocycles. The van der Waals surface area contributed by atoms with E-state index in [1.165, 1.54) is 0 Å². The normalized spacial score (nSPS) is 16.6. The third-order valence-corrected chi connectivity index (χ3v) is 5.46. The highest BCUT2D eigenvalue weighted by molar-refractivity contribution is 5.99. The second-order valence-corrected chi connectivity index (χ2v) is 7.99. The van der Waals surface area contributed by atoms with Crippen LogP contribution in [-0.4, -0.2) is 28.9 Å². The van der Waals surface area contributed by atoms with Crippen LogP contribution in [0.5, 0.6) is 0 Å². The van der Waals surface area contributed by atoms with E-state index in [4.69, 9.17) is 5.73 Å². The van der Waals surface area contributed by atoms with Gasteiger partial charge >= 0.3 is 0 Å². The van der Waals surface area contributed by atoms with Crippen LogP contribution in [0, 0.1) is 0 Å². The molecule has 1 aliphatic heterocycles. The highest BCUT2D eigenvalue weighted by Gasteiger charge is 2.41. The van der Waals surface area contributed by atoms with Gasteiger partial charge in [0.2, 0.25) is 5.91 Å². The van der Waals surface area contributed by atoms with Gasteiger partial charge in [-0.15, -0.1) is 6.58 Å². The largest absolute Gasteiger partial charge is 0.350 e. The summed E-state index contributed by atoms with van der Waals surface area (Å²) >= 11 is 0. The van der Waals surface area contributed by atoms with Crippen LogP contribution < -0.4 is 11.1 Å². The van der Waals surface area contributed by atoms with Gasteiger partial charge in [0.25, 0.3) is 5.91 Å². The molecule has 0 saturated carbocycles. The zero-order valence-corrected chi connectivity index (χ0v) is 19.7. The molecule has 0 bridgehead atoms. The van der Waals surface area contributed by atoms with Crippen molar-refractivity contribution in [3.8, 4) is 0 Å². The molecule has 32 heavy (non-hydrogen) atoms. The zero-order valence-electron chi connectivity index (χ0n) is 19.7. The molecule has 1 rings (SSSR count). The molecule has 0 aromatic heterocycles. The van der Waals surface area contributed by atoms with Gasteiger partial charge in [0, 0.05) is 18.7 Å². The van der Waals surface area contributed by atoms with E-state index in [1.54, 1.807) is 0 Å². The predicted molar refractivity (Wildman–Crippen MR) is 135 cm³/mol. The van der Waals surface area contributed by atoms with Gasteiger partial charge in [0.05, 0.1) is 0 Å². The number of nitrogens with two attached hydrogens (primary N) is 1. The van der Waals surface area contributed by atoms with Crippen LogP contribution in [0.3, 0.4) is 0 Å². The molecule has 0 radical (unpaired) electrons. The van der Waals surface area contributed by atoms with Gasteiger partial charge in [-0.05, 0) is 57.8 Å². The Morgan fingerprint density at radius 2 is 1.59 bits per heavy atom. The molecule has 5 heteroatoms. The van der Waals surface area contributed by atoms with Gasteiger partial charge in [0.15, 0.2) is 5.66 Å². The van der Waals surface area contributed by atoms with E-state index in [0.29, 0.717) is 25.8 Å². The maximum atomic E-state index is 12.6. The number of allylic oxidation sites excluding steroid dienone is 10. The van der Waals surface area contributed by atoms with E-state index in [0.717, 1.165) is 50.6 Å². The Labute approximate surface area is 194 Å². The van der Waals surface area contributed by atoms with Crippen molar-refractivity contribution in [2.45, 2.75) is 76.8 Å². The number of amides is 2. The number of carbonyl (C=O) groups excluding carboxylic acids is 2. The van der Waals surface area contributed by atoms with Crippen molar-refractivity contribution in [3.05, 3.63) is 73.5 Å². The Kier molecular flexibility index (Phi) is 13.7.